The lowest BCUT2D eigenvalue weighted by atomic mass is 10.0. The van der Waals surface area contributed by atoms with Crippen molar-refractivity contribution >= 4 is 17.7 Å². The summed E-state index contributed by atoms with van der Waals surface area (Å²) in [6.45, 7) is 2.63. The fraction of sp³-hybridized carbons (Fsp3) is 0.533. The zero-order chi connectivity index (χ0) is 13.7. The zero-order valence-corrected chi connectivity index (χ0v) is 12.2. The Hall–Kier alpha value is -1.00. The summed E-state index contributed by atoms with van der Waals surface area (Å²) in [5.74, 6) is 1.27. The van der Waals surface area contributed by atoms with Crippen molar-refractivity contribution in [3.05, 3.63) is 29.8 Å². The minimum Gasteiger partial charge on any atom is -0.349 e. The van der Waals surface area contributed by atoms with Crippen LogP contribution in [0.5, 0.6) is 0 Å². The summed E-state index contributed by atoms with van der Waals surface area (Å²) >= 11 is 1.87. The van der Waals surface area contributed by atoms with Gasteiger partial charge >= 0.3 is 0 Å². The number of benzene rings is 1. The van der Waals surface area contributed by atoms with Crippen molar-refractivity contribution in [3.63, 3.8) is 0 Å². The highest BCUT2D eigenvalue weighted by molar-refractivity contribution is 7.99. The number of rotatable bonds is 5. The van der Waals surface area contributed by atoms with Crippen molar-refractivity contribution in [1.29, 1.82) is 0 Å². The predicted molar refractivity (Wildman–Crippen MR) is 80.1 cm³/mol. The minimum absolute atomic E-state index is 0.0466. The van der Waals surface area contributed by atoms with E-state index < -0.39 is 0 Å². The van der Waals surface area contributed by atoms with E-state index >= 15 is 0 Å². The number of hydrogen-bond acceptors (Lipinski definition) is 3. The van der Waals surface area contributed by atoms with Gasteiger partial charge in [0, 0.05) is 16.6 Å². The van der Waals surface area contributed by atoms with E-state index in [-0.39, 0.29) is 17.9 Å². The van der Waals surface area contributed by atoms with Crippen molar-refractivity contribution in [2.45, 2.75) is 37.1 Å². The SMILES string of the molecule is CC(CCCN)C(=O)NC1CCSc2ccccc21. The highest BCUT2D eigenvalue weighted by Gasteiger charge is 2.23. The van der Waals surface area contributed by atoms with E-state index in [9.17, 15) is 4.79 Å². The lowest BCUT2D eigenvalue weighted by Gasteiger charge is -2.27. The molecule has 1 aromatic rings. The van der Waals surface area contributed by atoms with Crippen LogP contribution in [0.2, 0.25) is 0 Å². The molecule has 1 amide bonds. The van der Waals surface area contributed by atoms with E-state index in [1.165, 1.54) is 10.5 Å². The minimum atomic E-state index is 0.0466. The Morgan fingerprint density at radius 3 is 3.11 bits per heavy atom. The maximum atomic E-state index is 12.2. The summed E-state index contributed by atoms with van der Waals surface area (Å²) < 4.78 is 0. The van der Waals surface area contributed by atoms with Gasteiger partial charge in [0.15, 0.2) is 0 Å². The largest absolute Gasteiger partial charge is 0.349 e. The molecule has 2 unspecified atom stereocenters. The number of carbonyl (C=O) groups is 1. The molecule has 0 bridgehead atoms. The first-order valence-corrected chi connectivity index (χ1v) is 7.93. The molecule has 2 rings (SSSR count). The van der Waals surface area contributed by atoms with E-state index in [4.69, 9.17) is 5.73 Å². The maximum Gasteiger partial charge on any atom is 0.223 e. The number of nitrogens with one attached hydrogen (secondary N) is 1. The quantitative estimate of drug-likeness (QED) is 0.870. The Kier molecular flexibility index (Phi) is 5.28. The molecule has 1 aliphatic rings. The van der Waals surface area contributed by atoms with Gasteiger partial charge in [0.1, 0.15) is 0 Å². The second kappa shape index (κ2) is 6.96. The van der Waals surface area contributed by atoms with Crippen LogP contribution in [-0.4, -0.2) is 18.2 Å². The van der Waals surface area contributed by atoms with Crippen LogP contribution in [0, 0.1) is 5.92 Å². The first kappa shape index (κ1) is 14.4. The van der Waals surface area contributed by atoms with Gasteiger partial charge in [0.05, 0.1) is 6.04 Å². The second-order valence-electron chi connectivity index (χ2n) is 5.07. The summed E-state index contributed by atoms with van der Waals surface area (Å²) in [6, 6.07) is 8.53. The summed E-state index contributed by atoms with van der Waals surface area (Å²) in [5, 5.41) is 3.19. The summed E-state index contributed by atoms with van der Waals surface area (Å²) in [5.41, 5.74) is 6.75. The Bertz CT molecular complexity index is 436. The first-order valence-electron chi connectivity index (χ1n) is 6.94. The van der Waals surface area contributed by atoms with Crippen molar-refractivity contribution in [3.8, 4) is 0 Å². The molecule has 2 atom stereocenters. The van der Waals surface area contributed by atoms with E-state index in [0.717, 1.165) is 25.0 Å². The third kappa shape index (κ3) is 3.74. The lowest BCUT2D eigenvalue weighted by molar-refractivity contribution is -0.125. The van der Waals surface area contributed by atoms with Gasteiger partial charge in [-0.15, -0.1) is 11.8 Å². The maximum absolute atomic E-state index is 12.2. The summed E-state index contributed by atoms with van der Waals surface area (Å²) in [6.07, 6.45) is 2.79. The van der Waals surface area contributed by atoms with Gasteiger partial charge in [0.2, 0.25) is 5.91 Å². The predicted octanol–water partition coefficient (Wildman–Crippen LogP) is 2.71. The second-order valence-corrected chi connectivity index (χ2v) is 6.20. The number of hydrogen-bond donors (Lipinski definition) is 2. The molecule has 104 valence electrons. The van der Waals surface area contributed by atoms with Crippen molar-refractivity contribution in [1.82, 2.24) is 5.32 Å². The third-order valence-corrected chi connectivity index (χ3v) is 4.69. The van der Waals surface area contributed by atoms with Crippen molar-refractivity contribution in [2.75, 3.05) is 12.3 Å². The number of thioether (sulfide) groups is 1. The van der Waals surface area contributed by atoms with E-state index in [1.54, 1.807) is 0 Å². The van der Waals surface area contributed by atoms with Crippen molar-refractivity contribution in [2.24, 2.45) is 11.7 Å². The van der Waals surface area contributed by atoms with E-state index in [1.807, 2.05) is 24.8 Å². The summed E-state index contributed by atoms with van der Waals surface area (Å²) in [7, 11) is 0. The highest BCUT2D eigenvalue weighted by Crippen LogP contribution is 2.35. The molecule has 1 aliphatic heterocycles. The van der Waals surface area contributed by atoms with Gasteiger partial charge in [-0.3, -0.25) is 4.79 Å². The Morgan fingerprint density at radius 1 is 1.53 bits per heavy atom. The molecule has 0 saturated carbocycles. The molecule has 0 aromatic heterocycles. The molecule has 3 nitrogen and oxygen atoms in total. The van der Waals surface area contributed by atoms with Crippen LogP contribution in [0.1, 0.15) is 37.8 Å². The van der Waals surface area contributed by atoms with Crippen LogP contribution in [0.4, 0.5) is 0 Å². The Balaban J connectivity index is 1.98. The highest BCUT2D eigenvalue weighted by atomic mass is 32.2. The third-order valence-electron chi connectivity index (χ3n) is 3.56. The fourth-order valence-electron chi connectivity index (χ4n) is 2.36. The topological polar surface area (TPSA) is 55.1 Å². The lowest BCUT2D eigenvalue weighted by Crippen LogP contribution is -2.34. The number of nitrogens with two attached hydrogens (primary N) is 1. The molecule has 0 radical (unpaired) electrons. The molecular weight excluding hydrogens is 256 g/mol. The van der Waals surface area contributed by atoms with Crippen molar-refractivity contribution < 1.29 is 4.79 Å². The van der Waals surface area contributed by atoms with E-state index in [2.05, 4.69) is 23.5 Å². The first-order chi connectivity index (χ1) is 9.22. The molecule has 1 aromatic carbocycles. The Labute approximate surface area is 119 Å². The van der Waals surface area contributed by atoms with Gasteiger partial charge in [-0.1, -0.05) is 25.1 Å². The number of amides is 1. The van der Waals surface area contributed by atoms with Gasteiger partial charge in [-0.2, -0.15) is 0 Å². The standard InChI is InChI=1S/C15H22N2OS/c1-11(5-4-9-16)15(18)17-13-8-10-19-14-7-3-2-6-12(13)14/h2-3,6-7,11,13H,4-5,8-10,16H2,1H3,(H,17,18). The van der Waals surface area contributed by atoms with Crippen LogP contribution in [0.15, 0.2) is 29.2 Å². The monoisotopic (exact) mass is 278 g/mol. The smallest absolute Gasteiger partial charge is 0.223 e. The van der Waals surface area contributed by atoms with Crippen LogP contribution in [-0.2, 0) is 4.79 Å². The normalized spacial score (nSPS) is 19.6. The van der Waals surface area contributed by atoms with Gasteiger partial charge in [0.25, 0.3) is 0 Å². The van der Waals surface area contributed by atoms with Gasteiger partial charge in [-0.25, -0.2) is 0 Å². The molecule has 0 aliphatic carbocycles. The molecule has 3 N–H and O–H groups in total. The molecule has 4 heteroatoms. The van der Waals surface area contributed by atoms with E-state index in [0.29, 0.717) is 6.54 Å². The fourth-order valence-corrected chi connectivity index (χ4v) is 3.49. The van der Waals surface area contributed by atoms with Gasteiger partial charge < -0.3 is 11.1 Å². The van der Waals surface area contributed by atoms with Gasteiger partial charge in [-0.05, 0) is 37.4 Å². The number of carbonyl (C=O) groups excluding carboxylic acids is 1. The summed E-state index contributed by atoms with van der Waals surface area (Å²) in [4.78, 5) is 13.5. The molecule has 1 heterocycles. The number of fused-ring (bicyclic) bond motifs is 1. The molecule has 19 heavy (non-hydrogen) atoms. The average molecular weight is 278 g/mol. The van der Waals surface area contributed by atoms with Crippen LogP contribution >= 0.6 is 11.8 Å². The zero-order valence-electron chi connectivity index (χ0n) is 11.4. The molecule has 0 fully saturated rings. The van der Waals surface area contributed by atoms with Crippen LogP contribution < -0.4 is 11.1 Å². The van der Waals surface area contributed by atoms with Crippen LogP contribution in [0.25, 0.3) is 0 Å². The molecule has 0 spiro atoms. The van der Waals surface area contributed by atoms with Crippen LogP contribution in [0.3, 0.4) is 0 Å². The average Bonchev–Trinajstić information content (AvgIpc) is 2.45. The Morgan fingerprint density at radius 2 is 2.32 bits per heavy atom. The molecular formula is C15H22N2OS. The molecule has 0 saturated heterocycles.